The molecular weight excluding hydrogens is 310 g/mol. The average Bonchev–Trinajstić information content (AvgIpc) is 2.62. The van der Waals surface area contributed by atoms with Crippen LogP contribution in [0.2, 0.25) is 0 Å². The van der Waals surface area contributed by atoms with Crippen molar-refractivity contribution in [3.8, 4) is 23.3 Å². The number of nitrogens with zero attached hydrogens (tertiary/aromatic N) is 1. The van der Waals surface area contributed by atoms with E-state index in [0.717, 1.165) is 26.3 Å². The summed E-state index contributed by atoms with van der Waals surface area (Å²) >= 11 is 0. The van der Waals surface area contributed by atoms with Gasteiger partial charge in [-0.25, -0.2) is 4.79 Å². The fourth-order valence-corrected chi connectivity index (χ4v) is 2.18. The van der Waals surface area contributed by atoms with Crippen LogP contribution in [0.1, 0.15) is 0 Å². The van der Waals surface area contributed by atoms with Crippen molar-refractivity contribution in [2.75, 3.05) is 58.9 Å². The van der Waals surface area contributed by atoms with Crippen LogP contribution >= 0.6 is 0 Å². The Hall–Kier alpha value is -2.43. The Kier molecular flexibility index (Phi) is 7.21. The molecule has 1 saturated heterocycles. The molecule has 1 aliphatic rings. The fourth-order valence-electron chi connectivity index (χ4n) is 2.18. The molecule has 1 fully saturated rings. The summed E-state index contributed by atoms with van der Waals surface area (Å²) < 4.78 is 15.6. The summed E-state index contributed by atoms with van der Waals surface area (Å²) in [5.41, 5.74) is 0.567. The van der Waals surface area contributed by atoms with Crippen LogP contribution in [0.25, 0.3) is 0 Å². The lowest BCUT2D eigenvalue weighted by Crippen LogP contribution is -2.36. The highest BCUT2D eigenvalue weighted by Crippen LogP contribution is 2.28. The molecule has 0 unspecified atom stereocenters. The Morgan fingerprint density at radius 1 is 1.25 bits per heavy atom. The van der Waals surface area contributed by atoms with E-state index in [1.807, 2.05) is 0 Å². The van der Waals surface area contributed by atoms with Crippen molar-refractivity contribution in [2.45, 2.75) is 0 Å². The smallest absolute Gasteiger partial charge is 0.320 e. The number of ether oxygens (including phenoxy) is 3. The lowest BCUT2D eigenvalue weighted by molar-refractivity contribution is 0.0443. The molecule has 1 heterocycles. The molecule has 2 amide bonds. The third-order valence-corrected chi connectivity index (χ3v) is 3.53. The van der Waals surface area contributed by atoms with Gasteiger partial charge in [-0.3, -0.25) is 4.90 Å². The number of hydrogen-bond acceptors (Lipinski definition) is 5. The molecule has 24 heavy (non-hydrogen) atoms. The lowest BCUT2D eigenvalue weighted by Gasteiger charge is -2.24. The van der Waals surface area contributed by atoms with E-state index in [4.69, 9.17) is 14.2 Å². The molecule has 0 aromatic heterocycles. The Bertz CT molecular complexity index is 604. The maximum absolute atomic E-state index is 11.9. The number of urea groups is 1. The zero-order valence-corrected chi connectivity index (χ0v) is 14.1. The summed E-state index contributed by atoms with van der Waals surface area (Å²) in [5.74, 6) is 7.18. The van der Waals surface area contributed by atoms with Gasteiger partial charge in [0.25, 0.3) is 0 Å². The van der Waals surface area contributed by atoms with Crippen LogP contribution in [0.5, 0.6) is 11.5 Å². The summed E-state index contributed by atoms with van der Waals surface area (Å²) in [6.07, 6.45) is 0. The van der Waals surface area contributed by atoms with Crippen LogP contribution < -0.4 is 20.1 Å². The number of anilines is 1. The van der Waals surface area contributed by atoms with Gasteiger partial charge in [0, 0.05) is 19.2 Å². The predicted octanol–water partition coefficient (Wildman–Crippen LogP) is 1.16. The van der Waals surface area contributed by atoms with Crippen LogP contribution in [-0.2, 0) is 4.74 Å². The quantitative estimate of drug-likeness (QED) is 0.791. The van der Waals surface area contributed by atoms with Gasteiger partial charge in [-0.1, -0.05) is 11.8 Å². The highest BCUT2D eigenvalue weighted by molar-refractivity contribution is 5.91. The largest absolute Gasteiger partial charge is 0.497 e. The van der Waals surface area contributed by atoms with Gasteiger partial charge >= 0.3 is 6.03 Å². The molecule has 0 spiro atoms. The van der Waals surface area contributed by atoms with E-state index < -0.39 is 0 Å². The van der Waals surface area contributed by atoms with Gasteiger partial charge in [0.1, 0.15) is 11.5 Å². The molecule has 0 atom stereocenters. The SMILES string of the molecule is COc1ccc(NC(=O)NCC#CCN2CCOCC2)c(OC)c1. The van der Waals surface area contributed by atoms with E-state index in [0.29, 0.717) is 23.7 Å². The van der Waals surface area contributed by atoms with Crippen molar-refractivity contribution in [2.24, 2.45) is 0 Å². The molecule has 0 bridgehead atoms. The second-order valence-electron chi connectivity index (χ2n) is 5.12. The Morgan fingerprint density at radius 2 is 2.04 bits per heavy atom. The molecule has 1 aromatic carbocycles. The molecule has 0 radical (unpaired) electrons. The Labute approximate surface area is 142 Å². The number of methoxy groups -OCH3 is 2. The maximum Gasteiger partial charge on any atom is 0.320 e. The zero-order chi connectivity index (χ0) is 17.2. The minimum absolute atomic E-state index is 0.286. The summed E-state index contributed by atoms with van der Waals surface area (Å²) in [4.78, 5) is 14.1. The molecule has 7 nitrogen and oxygen atoms in total. The first kappa shape index (κ1) is 17.9. The molecular formula is C17H23N3O4. The summed E-state index contributed by atoms with van der Waals surface area (Å²) in [6.45, 7) is 4.30. The first-order valence-electron chi connectivity index (χ1n) is 7.75. The number of benzene rings is 1. The van der Waals surface area contributed by atoms with E-state index >= 15 is 0 Å². The highest BCUT2D eigenvalue weighted by Gasteiger charge is 2.09. The molecule has 0 aliphatic carbocycles. The fraction of sp³-hybridized carbons (Fsp3) is 0.471. The second kappa shape index (κ2) is 9.65. The van der Waals surface area contributed by atoms with Crippen molar-refractivity contribution >= 4 is 11.7 Å². The van der Waals surface area contributed by atoms with Crippen molar-refractivity contribution in [3.63, 3.8) is 0 Å². The lowest BCUT2D eigenvalue weighted by atomic mass is 10.2. The van der Waals surface area contributed by atoms with Gasteiger partial charge in [0.15, 0.2) is 0 Å². The predicted molar refractivity (Wildman–Crippen MR) is 91.6 cm³/mol. The normalized spacial score (nSPS) is 14.2. The molecule has 0 saturated carbocycles. The number of nitrogens with one attached hydrogen (secondary N) is 2. The Balaban J connectivity index is 1.75. The van der Waals surface area contributed by atoms with Crippen molar-refractivity contribution < 1.29 is 19.0 Å². The van der Waals surface area contributed by atoms with Gasteiger partial charge in [-0.15, -0.1) is 0 Å². The van der Waals surface area contributed by atoms with E-state index in [2.05, 4.69) is 27.4 Å². The van der Waals surface area contributed by atoms with Gasteiger partial charge in [-0.05, 0) is 12.1 Å². The third kappa shape index (κ3) is 5.65. The average molecular weight is 333 g/mol. The van der Waals surface area contributed by atoms with E-state index in [1.165, 1.54) is 7.11 Å². The van der Waals surface area contributed by atoms with Crippen LogP contribution in [0, 0.1) is 11.8 Å². The maximum atomic E-state index is 11.9. The van der Waals surface area contributed by atoms with Gasteiger partial charge in [-0.2, -0.15) is 0 Å². The zero-order valence-electron chi connectivity index (χ0n) is 14.1. The molecule has 1 aliphatic heterocycles. The highest BCUT2D eigenvalue weighted by atomic mass is 16.5. The topological polar surface area (TPSA) is 72.1 Å². The summed E-state index contributed by atoms with van der Waals surface area (Å²) in [5, 5.41) is 5.42. The van der Waals surface area contributed by atoms with Crippen LogP contribution in [0.3, 0.4) is 0 Å². The number of hydrogen-bond donors (Lipinski definition) is 2. The van der Waals surface area contributed by atoms with Crippen molar-refractivity contribution in [1.82, 2.24) is 10.2 Å². The molecule has 2 rings (SSSR count). The number of carbonyl (C=O) groups is 1. The summed E-state index contributed by atoms with van der Waals surface area (Å²) in [7, 11) is 3.11. The van der Waals surface area contributed by atoms with Crippen LogP contribution in [0.15, 0.2) is 18.2 Å². The number of rotatable bonds is 5. The molecule has 2 N–H and O–H groups in total. The van der Waals surface area contributed by atoms with E-state index in [-0.39, 0.29) is 12.6 Å². The van der Waals surface area contributed by atoms with Crippen LogP contribution in [-0.4, -0.2) is 64.5 Å². The molecule has 7 heteroatoms. The minimum Gasteiger partial charge on any atom is -0.497 e. The first-order valence-corrected chi connectivity index (χ1v) is 7.75. The molecule has 1 aromatic rings. The number of carbonyl (C=O) groups excluding carboxylic acids is 1. The monoisotopic (exact) mass is 333 g/mol. The summed E-state index contributed by atoms with van der Waals surface area (Å²) in [6, 6.07) is 4.85. The van der Waals surface area contributed by atoms with Crippen molar-refractivity contribution in [3.05, 3.63) is 18.2 Å². The Morgan fingerprint density at radius 3 is 2.75 bits per heavy atom. The van der Waals surface area contributed by atoms with E-state index in [1.54, 1.807) is 25.3 Å². The van der Waals surface area contributed by atoms with E-state index in [9.17, 15) is 4.79 Å². The van der Waals surface area contributed by atoms with Crippen molar-refractivity contribution in [1.29, 1.82) is 0 Å². The van der Waals surface area contributed by atoms with Gasteiger partial charge in [0.2, 0.25) is 0 Å². The van der Waals surface area contributed by atoms with Gasteiger partial charge < -0.3 is 24.8 Å². The second-order valence-corrected chi connectivity index (χ2v) is 5.12. The van der Waals surface area contributed by atoms with Crippen LogP contribution in [0.4, 0.5) is 10.5 Å². The first-order chi connectivity index (χ1) is 11.7. The standard InChI is InChI=1S/C17H23N3O4/c1-22-14-5-6-15(16(13-14)23-2)19-17(21)18-7-3-4-8-20-9-11-24-12-10-20/h5-6,13H,7-12H2,1-2H3,(H2,18,19,21). The minimum atomic E-state index is -0.334. The molecule has 130 valence electrons. The number of morpholine rings is 1. The number of amides is 2. The van der Waals surface area contributed by atoms with Gasteiger partial charge in [0.05, 0.1) is 46.2 Å². The third-order valence-electron chi connectivity index (χ3n) is 3.53.